The monoisotopic (exact) mass is 351 g/mol. The smallest absolute Gasteiger partial charge is 0.258 e. The van der Waals surface area contributed by atoms with Gasteiger partial charge in [-0.1, -0.05) is 12.1 Å². The van der Waals surface area contributed by atoms with Crippen molar-refractivity contribution in [3.05, 3.63) is 53.0 Å². The van der Waals surface area contributed by atoms with Crippen LogP contribution < -0.4 is 0 Å². The lowest BCUT2D eigenvalue weighted by atomic mass is 10.1. The predicted octanol–water partition coefficient (Wildman–Crippen LogP) is 3.04. The van der Waals surface area contributed by atoms with Crippen LogP contribution in [0.1, 0.15) is 46.5 Å². The summed E-state index contributed by atoms with van der Waals surface area (Å²) in [5.41, 5.74) is 2.96. The molecule has 6 nitrogen and oxygen atoms in total. The number of aryl methyl sites for hydroxylation is 1. The first-order valence-corrected chi connectivity index (χ1v) is 9.13. The maximum atomic E-state index is 13.1. The molecule has 1 aliphatic heterocycles. The largest absolute Gasteiger partial charge is 0.461 e. The number of carbonyl (C=O) groups is 1. The van der Waals surface area contributed by atoms with Crippen molar-refractivity contribution in [3.63, 3.8) is 0 Å². The van der Waals surface area contributed by atoms with E-state index in [0.29, 0.717) is 36.7 Å². The Morgan fingerprint density at radius 3 is 2.96 bits per heavy atom. The molecule has 2 aromatic heterocycles. The molecule has 0 spiro atoms. The first kappa shape index (κ1) is 15.6. The molecular formula is C20H21N3O3. The zero-order valence-corrected chi connectivity index (χ0v) is 14.7. The van der Waals surface area contributed by atoms with E-state index < -0.39 is 6.10 Å². The van der Waals surface area contributed by atoms with Gasteiger partial charge in [-0.05, 0) is 43.9 Å². The SMILES string of the molecule is Cc1cc2cccc(C(=O)N3CCn4nc([C@@H](O)C5CC5)cc4C3)c2o1. The summed E-state index contributed by atoms with van der Waals surface area (Å²) < 4.78 is 7.67. The van der Waals surface area contributed by atoms with Gasteiger partial charge in [-0.3, -0.25) is 9.48 Å². The van der Waals surface area contributed by atoms with Crippen molar-refractivity contribution in [3.8, 4) is 0 Å². The van der Waals surface area contributed by atoms with E-state index in [4.69, 9.17) is 4.42 Å². The number of amides is 1. The average Bonchev–Trinajstić information content (AvgIpc) is 3.28. The quantitative estimate of drug-likeness (QED) is 0.787. The van der Waals surface area contributed by atoms with Crippen molar-refractivity contribution in [2.24, 2.45) is 5.92 Å². The van der Waals surface area contributed by atoms with E-state index in [1.54, 1.807) is 0 Å². The second-order valence-electron chi connectivity index (χ2n) is 7.37. The highest BCUT2D eigenvalue weighted by Gasteiger charge is 2.34. The lowest BCUT2D eigenvalue weighted by Gasteiger charge is -2.27. The average molecular weight is 351 g/mol. The minimum absolute atomic E-state index is 0.0262. The zero-order chi connectivity index (χ0) is 17.8. The van der Waals surface area contributed by atoms with Crippen LogP contribution in [0.15, 0.2) is 34.7 Å². The Hall–Kier alpha value is -2.60. The molecule has 26 heavy (non-hydrogen) atoms. The zero-order valence-electron chi connectivity index (χ0n) is 14.7. The Morgan fingerprint density at radius 1 is 1.31 bits per heavy atom. The second-order valence-corrected chi connectivity index (χ2v) is 7.37. The van der Waals surface area contributed by atoms with Gasteiger partial charge in [0.2, 0.25) is 0 Å². The molecule has 0 saturated heterocycles. The highest BCUT2D eigenvalue weighted by molar-refractivity contribution is 6.05. The molecule has 1 atom stereocenters. The van der Waals surface area contributed by atoms with Crippen LogP contribution >= 0.6 is 0 Å². The van der Waals surface area contributed by atoms with Gasteiger partial charge in [0.25, 0.3) is 5.91 Å². The molecule has 1 amide bonds. The Morgan fingerprint density at radius 2 is 2.15 bits per heavy atom. The van der Waals surface area contributed by atoms with Crippen LogP contribution in [0.3, 0.4) is 0 Å². The predicted molar refractivity (Wildman–Crippen MR) is 95.6 cm³/mol. The van der Waals surface area contributed by atoms with E-state index in [1.165, 1.54) is 0 Å². The Labute approximate surface area is 151 Å². The molecule has 1 saturated carbocycles. The number of fused-ring (bicyclic) bond motifs is 2. The van der Waals surface area contributed by atoms with E-state index in [-0.39, 0.29) is 5.91 Å². The van der Waals surface area contributed by atoms with E-state index in [2.05, 4.69) is 5.10 Å². The van der Waals surface area contributed by atoms with Crippen LogP contribution in [-0.4, -0.2) is 32.2 Å². The summed E-state index contributed by atoms with van der Waals surface area (Å²) >= 11 is 0. The number of aromatic nitrogens is 2. The number of hydrogen-bond donors (Lipinski definition) is 1. The number of furan rings is 1. The van der Waals surface area contributed by atoms with Gasteiger partial charge in [0, 0.05) is 11.9 Å². The first-order valence-electron chi connectivity index (χ1n) is 9.13. The van der Waals surface area contributed by atoms with Gasteiger partial charge in [0.05, 0.1) is 30.0 Å². The highest BCUT2D eigenvalue weighted by Crippen LogP contribution is 2.40. The van der Waals surface area contributed by atoms with Gasteiger partial charge in [0.1, 0.15) is 17.4 Å². The molecule has 2 aliphatic rings. The molecule has 1 N–H and O–H groups in total. The highest BCUT2D eigenvalue weighted by atomic mass is 16.3. The molecule has 5 rings (SSSR count). The van der Waals surface area contributed by atoms with Gasteiger partial charge < -0.3 is 14.4 Å². The van der Waals surface area contributed by atoms with Crippen LogP contribution in [0.5, 0.6) is 0 Å². The van der Waals surface area contributed by atoms with E-state index >= 15 is 0 Å². The van der Waals surface area contributed by atoms with Gasteiger partial charge in [-0.25, -0.2) is 0 Å². The summed E-state index contributed by atoms with van der Waals surface area (Å²) in [5, 5.41) is 15.8. The van der Waals surface area contributed by atoms with Crippen molar-refractivity contribution >= 4 is 16.9 Å². The molecule has 3 heterocycles. The summed E-state index contributed by atoms with van der Waals surface area (Å²) in [6.07, 6.45) is 1.67. The van der Waals surface area contributed by atoms with E-state index in [1.807, 2.05) is 46.8 Å². The van der Waals surface area contributed by atoms with E-state index in [0.717, 1.165) is 35.4 Å². The fourth-order valence-electron chi connectivity index (χ4n) is 3.79. The lowest BCUT2D eigenvalue weighted by molar-refractivity contribution is 0.0706. The summed E-state index contributed by atoms with van der Waals surface area (Å²) in [7, 11) is 0. The fraction of sp³-hybridized carbons (Fsp3) is 0.400. The van der Waals surface area contributed by atoms with Gasteiger partial charge in [-0.2, -0.15) is 5.10 Å². The molecular weight excluding hydrogens is 330 g/mol. The third-order valence-electron chi connectivity index (χ3n) is 5.37. The number of nitrogens with zero attached hydrogens (tertiary/aromatic N) is 3. The maximum Gasteiger partial charge on any atom is 0.258 e. The van der Waals surface area contributed by atoms with Crippen LogP contribution in [0.4, 0.5) is 0 Å². The van der Waals surface area contributed by atoms with Crippen LogP contribution in [0.2, 0.25) is 0 Å². The molecule has 3 aromatic rings. The standard InChI is InChI=1S/C20H21N3O3/c1-12-9-14-3-2-4-16(19(14)26-12)20(25)22-7-8-23-15(11-22)10-17(21-23)18(24)13-5-6-13/h2-4,9-10,13,18,24H,5-8,11H2,1H3/t18-/m0/s1. The summed E-state index contributed by atoms with van der Waals surface area (Å²) in [6.45, 7) is 3.63. The van der Waals surface area contributed by atoms with Gasteiger partial charge >= 0.3 is 0 Å². The van der Waals surface area contributed by atoms with E-state index in [9.17, 15) is 9.90 Å². The number of aliphatic hydroxyl groups is 1. The maximum absolute atomic E-state index is 13.1. The van der Waals surface area contributed by atoms with Crippen molar-refractivity contribution < 1.29 is 14.3 Å². The molecule has 1 aromatic carbocycles. The fourth-order valence-corrected chi connectivity index (χ4v) is 3.79. The van der Waals surface area contributed by atoms with Crippen molar-refractivity contribution in [2.75, 3.05) is 6.54 Å². The number of rotatable bonds is 3. The van der Waals surface area contributed by atoms with Crippen molar-refractivity contribution in [1.82, 2.24) is 14.7 Å². The minimum atomic E-state index is -0.475. The number of benzene rings is 1. The molecule has 0 unspecified atom stereocenters. The Balaban J connectivity index is 1.42. The van der Waals surface area contributed by atoms with Crippen LogP contribution in [-0.2, 0) is 13.1 Å². The second kappa shape index (κ2) is 5.71. The minimum Gasteiger partial charge on any atom is -0.461 e. The number of para-hydroxylation sites is 1. The summed E-state index contributed by atoms with van der Waals surface area (Å²) in [5.74, 6) is 1.13. The molecule has 1 fully saturated rings. The number of hydrogen-bond acceptors (Lipinski definition) is 4. The summed E-state index contributed by atoms with van der Waals surface area (Å²) in [4.78, 5) is 14.9. The lowest BCUT2D eigenvalue weighted by Crippen LogP contribution is -2.38. The third kappa shape index (κ3) is 2.52. The topological polar surface area (TPSA) is 71.5 Å². The van der Waals surface area contributed by atoms with Crippen LogP contribution in [0.25, 0.3) is 11.0 Å². The van der Waals surface area contributed by atoms with Crippen LogP contribution in [0, 0.1) is 12.8 Å². The Bertz CT molecular complexity index is 999. The molecule has 0 bridgehead atoms. The third-order valence-corrected chi connectivity index (χ3v) is 5.37. The first-order chi connectivity index (χ1) is 12.6. The molecule has 134 valence electrons. The van der Waals surface area contributed by atoms with Gasteiger partial charge in [-0.15, -0.1) is 0 Å². The molecule has 6 heteroatoms. The van der Waals surface area contributed by atoms with Crippen molar-refractivity contribution in [1.29, 1.82) is 0 Å². The molecule has 1 aliphatic carbocycles. The number of aliphatic hydroxyl groups excluding tert-OH is 1. The normalized spacial score (nSPS) is 18.2. The molecule has 0 radical (unpaired) electrons. The van der Waals surface area contributed by atoms with Crippen molar-refractivity contribution in [2.45, 2.75) is 39.0 Å². The Kier molecular flexibility index (Phi) is 3.43. The number of carbonyl (C=O) groups excluding carboxylic acids is 1. The van der Waals surface area contributed by atoms with Gasteiger partial charge in [0.15, 0.2) is 0 Å². The summed E-state index contributed by atoms with van der Waals surface area (Å²) in [6, 6.07) is 9.56.